The Morgan fingerprint density at radius 3 is 2.78 bits per heavy atom. The number of halogens is 2. The summed E-state index contributed by atoms with van der Waals surface area (Å²) in [6.07, 6.45) is 1.79. The highest BCUT2D eigenvalue weighted by molar-refractivity contribution is 9.10. The third-order valence-corrected chi connectivity index (χ3v) is 4.67. The molecule has 0 aliphatic rings. The molecule has 2 aromatic heterocycles. The Morgan fingerprint density at radius 2 is 1.96 bits per heavy atom. The molecule has 2 aromatic carbocycles. The molecule has 0 unspecified atom stereocenters. The molecule has 0 radical (unpaired) electrons. The van der Waals surface area contributed by atoms with Crippen molar-refractivity contribution in [1.82, 2.24) is 15.0 Å². The van der Waals surface area contributed by atoms with Gasteiger partial charge in [-0.25, -0.2) is 9.48 Å². The van der Waals surface area contributed by atoms with Crippen LogP contribution in [0.25, 0.3) is 11.0 Å². The first kappa shape index (κ1) is 17.8. The minimum absolute atomic E-state index is 0.301. The summed E-state index contributed by atoms with van der Waals surface area (Å²) in [6.45, 7) is 0.684. The molecule has 0 saturated heterocycles. The largest absolute Gasteiger partial charge is 0.487 e. The van der Waals surface area contributed by atoms with E-state index < -0.39 is 5.63 Å². The summed E-state index contributed by atoms with van der Waals surface area (Å²) < 4.78 is 13.6. The summed E-state index contributed by atoms with van der Waals surface area (Å²) in [7, 11) is 0. The van der Waals surface area contributed by atoms with Crippen LogP contribution < -0.4 is 10.4 Å². The molecule has 0 saturated carbocycles. The van der Waals surface area contributed by atoms with Crippen LogP contribution in [-0.4, -0.2) is 15.0 Å². The van der Waals surface area contributed by atoms with Gasteiger partial charge in [-0.2, -0.15) is 0 Å². The van der Waals surface area contributed by atoms with E-state index >= 15 is 0 Å². The Bertz CT molecular complexity index is 1160. The minimum Gasteiger partial charge on any atom is -0.487 e. The minimum atomic E-state index is -0.432. The number of rotatable bonds is 5. The van der Waals surface area contributed by atoms with Crippen molar-refractivity contribution in [1.29, 1.82) is 0 Å². The summed E-state index contributed by atoms with van der Waals surface area (Å²) in [4.78, 5) is 11.8. The second kappa shape index (κ2) is 7.54. The zero-order chi connectivity index (χ0) is 18.8. The molecule has 136 valence electrons. The maximum Gasteiger partial charge on any atom is 0.336 e. The van der Waals surface area contributed by atoms with Crippen molar-refractivity contribution in [2.75, 3.05) is 0 Å². The molecule has 6 nitrogen and oxygen atoms in total. The van der Waals surface area contributed by atoms with E-state index in [9.17, 15) is 4.79 Å². The van der Waals surface area contributed by atoms with Crippen LogP contribution in [0.2, 0.25) is 5.02 Å². The van der Waals surface area contributed by atoms with E-state index in [4.69, 9.17) is 20.8 Å². The standard InChI is InChI=1S/C19H13BrClN3O3/c20-13-1-4-16(5-2-13)26-11-15-10-24(23-22-15)9-12-7-19(25)27-18-8-14(21)3-6-17(12)18/h1-8,10H,9,11H2. The van der Waals surface area contributed by atoms with Gasteiger partial charge in [0.25, 0.3) is 0 Å². The fraction of sp³-hybridized carbons (Fsp3) is 0.105. The van der Waals surface area contributed by atoms with Crippen LogP contribution in [0.1, 0.15) is 11.3 Å². The summed E-state index contributed by atoms with van der Waals surface area (Å²) in [5, 5.41) is 9.55. The van der Waals surface area contributed by atoms with Crippen LogP contribution in [0.5, 0.6) is 5.75 Å². The highest BCUT2D eigenvalue weighted by Crippen LogP contribution is 2.22. The molecule has 8 heteroatoms. The predicted octanol–water partition coefficient (Wildman–Crippen LogP) is 4.43. The molecule has 4 rings (SSSR count). The SMILES string of the molecule is O=c1cc(Cn2cc(COc3ccc(Br)cc3)nn2)c2ccc(Cl)cc2o1. The summed E-state index contributed by atoms with van der Waals surface area (Å²) >= 11 is 9.36. The maximum atomic E-state index is 11.8. The Kier molecular flexibility index (Phi) is 4.96. The van der Waals surface area contributed by atoms with Gasteiger partial charge in [0, 0.05) is 27.0 Å². The third-order valence-electron chi connectivity index (χ3n) is 3.91. The van der Waals surface area contributed by atoms with Gasteiger partial charge in [0.05, 0.1) is 12.7 Å². The van der Waals surface area contributed by atoms with Gasteiger partial charge in [-0.1, -0.05) is 32.7 Å². The number of hydrogen-bond donors (Lipinski definition) is 0. The van der Waals surface area contributed by atoms with Crippen molar-refractivity contribution >= 4 is 38.5 Å². The average Bonchev–Trinajstić information content (AvgIpc) is 3.08. The predicted molar refractivity (Wildman–Crippen MR) is 105 cm³/mol. The van der Waals surface area contributed by atoms with Crippen molar-refractivity contribution in [3.63, 3.8) is 0 Å². The normalized spacial score (nSPS) is 11.0. The number of ether oxygens (including phenoxy) is 1. The van der Waals surface area contributed by atoms with E-state index in [1.807, 2.05) is 30.3 Å². The lowest BCUT2D eigenvalue weighted by molar-refractivity contribution is 0.301. The number of nitrogens with zero attached hydrogens (tertiary/aromatic N) is 3. The summed E-state index contributed by atoms with van der Waals surface area (Å²) in [5.74, 6) is 0.747. The maximum absolute atomic E-state index is 11.8. The van der Waals surface area contributed by atoms with Gasteiger partial charge in [0.1, 0.15) is 23.6 Å². The first-order valence-electron chi connectivity index (χ1n) is 8.06. The summed E-state index contributed by atoms with van der Waals surface area (Å²) in [5.41, 5.74) is 1.49. The Hall–Kier alpha value is -2.64. The number of aromatic nitrogens is 3. The molecule has 2 heterocycles. The van der Waals surface area contributed by atoms with Crippen LogP contribution in [0.4, 0.5) is 0 Å². The molecule has 0 fully saturated rings. The third kappa shape index (κ3) is 4.20. The van der Waals surface area contributed by atoms with E-state index in [0.29, 0.717) is 29.5 Å². The molecule has 0 N–H and O–H groups in total. The molecule has 27 heavy (non-hydrogen) atoms. The molecule has 0 amide bonds. The Balaban J connectivity index is 1.52. The number of hydrogen-bond acceptors (Lipinski definition) is 5. The van der Waals surface area contributed by atoms with E-state index in [1.54, 1.807) is 23.0 Å². The van der Waals surface area contributed by atoms with Crippen LogP contribution in [0.15, 0.2) is 68.4 Å². The van der Waals surface area contributed by atoms with Gasteiger partial charge in [-0.15, -0.1) is 5.10 Å². The Labute approximate surface area is 167 Å². The zero-order valence-corrected chi connectivity index (χ0v) is 16.3. The first-order valence-corrected chi connectivity index (χ1v) is 9.23. The fourth-order valence-corrected chi connectivity index (χ4v) is 3.11. The highest BCUT2D eigenvalue weighted by Gasteiger charge is 2.09. The van der Waals surface area contributed by atoms with E-state index in [-0.39, 0.29) is 0 Å². The van der Waals surface area contributed by atoms with Gasteiger partial charge in [0.2, 0.25) is 0 Å². The lowest BCUT2D eigenvalue weighted by Crippen LogP contribution is -2.06. The topological polar surface area (TPSA) is 70.2 Å². The fourth-order valence-electron chi connectivity index (χ4n) is 2.68. The monoisotopic (exact) mass is 445 g/mol. The van der Waals surface area contributed by atoms with Crippen molar-refractivity contribution in [2.45, 2.75) is 13.2 Å². The second-order valence-corrected chi connectivity index (χ2v) is 7.23. The molecular formula is C19H13BrClN3O3. The molecule has 0 spiro atoms. The molecule has 0 atom stereocenters. The average molecular weight is 447 g/mol. The van der Waals surface area contributed by atoms with Gasteiger partial charge >= 0.3 is 5.63 Å². The van der Waals surface area contributed by atoms with Gasteiger partial charge in [-0.3, -0.25) is 0 Å². The smallest absolute Gasteiger partial charge is 0.336 e. The van der Waals surface area contributed by atoms with Crippen molar-refractivity contribution in [2.24, 2.45) is 0 Å². The van der Waals surface area contributed by atoms with E-state index in [0.717, 1.165) is 21.2 Å². The molecule has 4 aromatic rings. The Morgan fingerprint density at radius 1 is 1.15 bits per heavy atom. The second-order valence-electron chi connectivity index (χ2n) is 5.88. The molecular weight excluding hydrogens is 434 g/mol. The summed E-state index contributed by atoms with van der Waals surface area (Å²) in [6, 6.07) is 14.2. The van der Waals surface area contributed by atoms with Gasteiger partial charge in [0.15, 0.2) is 0 Å². The number of fused-ring (bicyclic) bond motifs is 1. The highest BCUT2D eigenvalue weighted by atomic mass is 79.9. The molecule has 0 aliphatic heterocycles. The van der Waals surface area contributed by atoms with Crippen LogP contribution in [0.3, 0.4) is 0 Å². The van der Waals surface area contributed by atoms with Crippen LogP contribution >= 0.6 is 27.5 Å². The quantitative estimate of drug-likeness (QED) is 0.424. The molecule has 0 bridgehead atoms. The van der Waals surface area contributed by atoms with Crippen LogP contribution in [-0.2, 0) is 13.2 Å². The lowest BCUT2D eigenvalue weighted by Gasteiger charge is -2.05. The van der Waals surface area contributed by atoms with Crippen molar-refractivity contribution < 1.29 is 9.15 Å². The lowest BCUT2D eigenvalue weighted by atomic mass is 10.1. The first-order chi connectivity index (χ1) is 13.1. The van der Waals surface area contributed by atoms with Crippen molar-refractivity contribution in [3.8, 4) is 5.75 Å². The van der Waals surface area contributed by atoms with Gasteiger partial charge < -0.3 is 9.15 Å². The van der Waals surface area contributed by atoms with Gasteiger partial charge in [-0.05, 0) is 42.0 Å². The van der Waals surface area contributed by atoms with Crippen LogP contribution in [0, 0.1) is 0 Å². The molecule has 0 aliphatic carbocycles. The van der Waals surface area contributed by atoms with Crippen molar-refractivity contribution in [3.05, 3.63) is 85.9 Å². The van der Waals surface area contributed by atoms with E-state index in [2.05, 4.69) is 26.2 Å². The van der Waals surface area contributed by atoms with E-state index in [1.165, 1.54) is 6.07 Å². The number of benzene rings is 2. The zero-order valence-electron chi connectivity index (χ0n) is 13.9.